The minimum absolute atomic E-state index is 0.0453. The number of amides is 1. The Morgan fingerprint density at radius 2 is 1.52 bits per heavy atom. The molecular weight excluding hydrogens is 338 g/mol. The van der Waals surface area contributed by atoms with Crippen LogP contribution in [0.2, 0.25) is 0 Å². The van der Waals surface area contributed by atoms with Gasteiger partial charge in [-0.2, -0.15) is 0 Å². The lowest BCUT2D eigenvalue weighted by molar-refractivity contribution is -0.118. The second kappa shape index (κ2) is 8.90. The minimum atomic E-state index is -0.177. The Morgan fingerprint density at radius 1 is 0.852 bits per heavy atom. The molecule has 0 heterocycles. The normalized spacial score (nSPS) is 10.3. The molecular formula is C23H23NO3. The number of para-hydroxylation sites is 2. The lowest BCUT2D eigenvalue weighted by Gasteiger charge is -2.13. The van der Waals surface area contributed by atoms with E-state index >= 15 is 0 Å². The maximum Gasteiger partial charge on any atom is 0.262 e. The summed E-state index contributed by atoms with van der Waals surface area (Å²) in [6, 6.07) is 22.8. The van der Waals surface area contributed by atoms with Gasteiger partial charge in [-0.05, 0) is 60.9 Å². The molecule has 1 N–H and O–H groups in total. The number of rotatable bonds is 7. The molecule has 3 rings (SSSR count). The van der Waals surface area contributed by atoms with Crippen molar-refractivity contribution in [3.8, 4) is 17.2 Å². The molecule has 0 saturated carbocycles. The largest absolute Gasteiger partial charge is 0.484 e. The van der Waals surface area contributed by atoms with E-state index in [2.05, 4.69) is 12.2 Å². The highest BCUT2D eigenvalue weighted by Gasteiger charge is 2.09. The van der Waals surface area contributed by atoms with Crippen molar-refractivity contribution in [3.05, 3.63) is 83.9 Å². The number of carbonyl (C=O) groups excluding carboxylic acids is 1. The first-order valence-electron chi connectivity index (χ1n) is 9.00. The maximum absolute atomic E-state index is 12.3. The van der Waals surface area contributed by atoms with Crippen molar-refractivity contribution in [1.29, 1.82) is 0 Å². The van der Waals surface area contributed by atoms with Crippen molar-refractivity contribution in [1.82, 2.24) is 0 Å². The number of nitrogens with one attached hydrogen (secondary N) is 1. The summed E-state index contributed by atoms with van der Waals surface area (Å²) >= 11 is 0. The fourth-order valence-corrected chi connectivity index (χ4v) is 2.75. The highest BCUT2D eigenvalue weighted by Crippen LogP contribution is 2.24. The Morgan fingerprint density at radius 3 is 2.22 bits per heavy atom. The van der Waals surface area contributed by atoms with E-state index in [0.717, 1.165) is 29.0 Å². The molecule has 3 aromatic rings. The van der Waals surface area contributed by atoms with Gasteiger partial charge in [-0.3, -0.25) is 4.79 Å². The van der Waals surface area contributed by atoms with Gasteiger partial charge >= 0.3 is 0 Å². The number of hydrogen-bond acceptors (Lipinski definition) is 3. The third kappa shape index (κ3) is 5.11. The van der Waals surface area contributed by atoms with Crippen LogP contribution in [0.5, 0.6) is 17.2 Å². The number of anilines is 1. The number of benzene rings is 3. The summed E-state index contributed by atoms with van der Waals surface area (Å²) in [7, 11) is 0. The van der Waals surface area contributed by atoms with E-state index < -0.39 is 0 Å². The Kier molecular flexibility index (Phi) is 6.10. The summed E-state index contributed by atoms with van der Waals surface area (Å²) in [5.41, 5.74) is 3.04. The van der Waals surface area contributed by atoms with E-state index in [1.165, 1.54) is 0 Å². The molecule has 0 aromatic heterocycles. The van der Waals surface area contributed by atoms with Crippen LogP contribution < -0.4 is 14.8 Å². The van der Waals surface area contributed by atoms with Gasteiger partial charge in [0, 0.05) is 5.69 Å². The van der Waals surface area contributed by atoms with Gasteiger partial charge in [-0.25, -0.2) is 0 Å². The molecule has 27 heavy (non-hydrogen) atoms. The van der Waals surface area contributed by atoms with Gasteiger partial charge in [0.25, 0.3) is 5.91 Å². The Balaban J connectivity index is 1.55. The number of hydrogen-bond donors (Lipinski definition) is 1. The fraction of sp³-hybridized carbons (Fsp3) is 0.174. The summed E-state index contributed by atoms with van der Waals surface area (Å²) in [5.74, 6) is 1.93. The molecule has 0 bridgehead atoms. The lowest BCUT2D eigenvalue weighted by Crippen LogP contribution is -2.21. The number of aryl methyl sites for hydroxylation is 2. The van der Waals surface area contributed by atoms with Crippen LogP contribution in [0.25, 0.3) is 0 Å². The molecule has 0 radical (unpaired) electrons. The predicted octanol–water partition coefficient (Wildman–Crippen LogP) is 5.37. The summed E-state index contributed by atoms with van der Waals surface area (Å²) in [4.78, 5) is 12.3. The average Bonchev–Trinajstić information content (AvgIpc) is 2.70. The predicted molar refractivity (Wildman–Crippen MR) is 108 cm³/mol. The first kappa shape index (κ1) is 18.5. The topological polar surface area (TPSA) is 47.6 Å². The van der Waals surface area contributed by atoms with Crippen molar-refractivity contribution in [3.63, 3.8) is 0 Å². The van der Waals surface area contributed by atoms with Gasteiger partial charge in [-0.15, -0.1) is 0 Å². The molecule has 0 spiro atoms. The Labute approximate surface area is 159 Å². The monoisotopic (exact) mass is 361 g/mol. The zero-order valence-corrected chi connectivity index (χ0v) is 15.6. The Bertz CT molecular complexity index is 889. The maximum atomic E-state index is 12.3. The van der Waals surface area contributed by atoms with Gasteiger partial charge < -0.3 is 14.8 Å². The van der Waals surface area contributed by atoms with Gasteiger partial charge in [-0.1, -0.05) is 43.3 Å². The molecule has 0 aliphatic heterocycles. The first-order chi connectivity index (χ1) is 13.2. The van der Waals surface area contributed by atoms with Crippen LogP contribution >= 0.6 is 0 Å². The van der Waals surface area contributed by atoms with E-state index in [4.69, 9.17) is 9.47 Å². The van der Waals surface area contributed by atoms with Crippen molar-refractivity contribution in [2.45, 2.75) is 20.3 Å². The van der Waals surface area contributed by atoms with Crippen molar-refractivity contribution < 1.29 is 14.3 Å². The average molecular weight is 361 g/mol. The van der Waals surface area contributed by atoms with E-state index in [9.17, 15) is 4.79 Å². The van der Waals surface area contributed by atoms with Crippen LogP contribution in [0.4, 0.5) is 5.69 Å². The number of carbonyl (C=O) groups is 1. The van der Waals surface area contributed by atoms with E-state index in [1.54, 1.807) is 12.1 Å². The summed E-state index contributed by atoms with van der Waals surface area (Å²) in [6.45, 7) is 4.01. The molecule has 138 valence electrons. The summed E-state index contributed by atoms with van der Waals surface area (Å²) in [5, 5.41) is 2.96. The lowest BCUT2D eigenvalue weighted by atomic mass is 10.1. The molecule has 0 aliphatic carbocycles. The fourth-order valence-electron chi connectivity index (χ4n) is 2.75. The molecule has 4 nitrogen and oxygen atoms in total. The third-order valence-corrected chi connectivity index (χ3v) is 4.18. The van der Waals surface area contributed by atoms with E-state index in [1.807, 2.05) is 67.6 Å². The summed E-state index contributed by atoms with van der Waals surface area (Å²) in [6.07, 6.45) is 0.862. The molecule has 0 atom stereocenters. The zero-order valence-electron chi connectivity index (χ0n) is 15.6. The van der Waals surface area contributed by atoms with Crippen LogP contribution in [-0.2, 0) is 11.2 Å². The van der Waals surface area contributed by atoms with Crippen LogP contribution in [0.15, 0.2) is 72.8 Å². The highest BCUT2D eigenvalue weighted by molar-refractivity contribution is 5.93. The second-order valence-corrected chi connectivity index (χ2v) is 6.19. The summed E-state index contributed by atoms with van der Waals surface area (Å²) < 4.78 is 11.3. The molecule has 3 aromatic carbocycles. The van der Waals surface area contributed by atoms with Crippen LogP contribution in [0, 0.1) is 6.92 Å². The van der Waals surface area contributed by atoms with Crippen LogP contribution in [0.1, 0.15) is 18.1 Å². The van der Waals surface area contributed by atoms with Gasteiger partial charge in [0.15, 0.2) is 6.61 Å². The van der Waals surface area contributed by atoms with E-state index in [-0.39, 0.29) is 12.5 Å². The second-order valence-electron chi connectivity index (χ2n) is 6.19. The van der Waals surface area contributed by atoms with Gasteiger partial charge in [0.2, 0.25) is 0 Å². The molecule has 0 unspecified atom stereocenters. The minimum Gasteiger partial charge on any atom is -0.484 e. The molecule has 1 amide bonds. The Hall–Kier alpha value is -3.27. The van der Waals surface area contributed by atoms with Crippen molar-refractivity contribution in [2.24, 2.45) is 0 Å². The molecule has 0 aliphatic rings. The van der Waals surface area contributed by atoms with Crippen LogP contribution in [-0.4, -0.2) is 12.5 Å². The zero-order chi connectivity index (χ0) is 19.1. The molecule has 0 fully saturated rings. The van der Waals surface area contributed by atoms with Crippen molar-refractivity contribution >= 4 is 11.6 Å². The molecule has 0 saturated heterocycles. The smallest absolute Gasteiger partial charge is 0.262 e. The molecule has 4 heteroatoms. The quantitative estimate of drug-likeness (QED) is 0.616. The highest BCUT2D eigenvalue weighted by atomic mass is 16.5. The first-order valence-corrected chi connectivity index (χ1v) is 9.00. The van der Waals surface area contributed by atoms with Gasteiger partial charge in [0.05, 0.1) is 0 Å². The van der Waals surface area contributed by atoms with Crippen molar-refractivity contribution in [2.75, 3.05) is 11.9 Å². The van der Waals surface area contributed by atoms with Crippen LogP contribution in [0.3, 0.4) is 0 Å². The van der Waals surface area contributed by atoms with E-state index in [0.29, 0.717) is 11.5 Å². The standard InChI is InChI=1S/C23H23NO3/c1-3-18-9-7-8-17(2)23(18)24-22(25)16-26-19-12-14-21(15-13-19)27-20-10-5-4-6-11-20/h4-15H,3,16H2,1-2H3,(H,24,25). The van der Waals surface area contributed by atoms with Gasteiger partial charge in [0.1, 0.15) is 17.2 Å². The number of ether oxygens (including phenoxy) is 2. The SMILES string of the molecule is CCc1cccc(C)c1NC(=O)COc1ccc(Oc2ccccc2)cc1. The third-order valence-electron chi connectivity index (χ3n) is 4.18.